The molecular weight excluding hydrogens is 224 g/mol. The first kappa shape index (κ1) is 11.1. The third-order valence-corrected chi connectivity index (χ3v) is 2.54. The third kappa shape index (κ3) is 2.21. The number of aromatic nitrogens is 4. The zero-order valence-corrected chi connectivity index (χ0v) is 10.2. The van der Waals surface area contributed by atoms with E-state index in [2.05, 4.69) is 22.2 Å². The van der Waals surface area contributed by atoms with Crippen LogP contribution in [0.15, 0.2) is 10.5 Å². The molecule has 86 valence electrons. The molecule has 5 nitrogen and oxygen atoms in total. The van der Waals surface area contributed by atoms with E-state index in [1.807, 2.05) is 17.7 Å². The van der Waals surface area contributed by atoms with Gasteiger partial charge in [0.05, 0.1) is 0 Å². The number of aromatic amines is 1. The van der Waals surface area contributed by atoms with Gasteiger partial charge in [0.25, 0.3) is 10.7 Å². The van der Waals surface area contributed by atoms with Gasteiger partial charge in [0.15, 0.2) is 0 Å². The summed E-state index contributed by atoms with van der Waals surface area (Å²) in [6.45, 7) is 5.10. The van der Waals surface area contributed by atoms with Gasteiger partial charge in [-0.3, -0.25) is 4.68 Å². The molecule has 0 aliphatic heterocycles. The Labute approximate surface area is 98.5 Å². The first-order valence-electron chi connectivity index (χ1n) is 5.31. The van der Waals surface area contributed by atoms with Gasteiger partial charge in [-0.15, -0.1) is 5.10 Å². The van der Waals surface area contributed by atoms with Crippen LogP contribution in [-0.2, 0) is 6.54 Å². The topological polar surface area (TPSA) is 59.6 Å². The molecule has 16 heavy (non-hydrogen) atoms. The number of unbranched alkanes of at least 4 members (excludes halogenated alkanes) is 1. The Hall–Kier alpha value is -1.43. The lowest BCUT2D eigenvalue weighted by Crippen LogP contribution is -2.01. The lowest BCUT2D eigenvalue weighted by molar-refractivity contribution is 0.537. The largest absolute Gasteiger partial charge is 0.408 e. The highest BCUT2D eigenvalue weighted by atomic mass is 32.1. The van der Waals surface area contributed by atoms with Crippen LogP contribution in [0.2, 0.25) is 0 Å². The zero-order valence-electron chi connectivity index (χ0n) is 9.36. The van der Waals surface area contributed by atoms with E-state index < -0.39 is 0 Å². The van der Waals surface area contributed by atoms with Crippen LogP contribution in [0.5, 0.6) is 0 Å². The van der Waals surface area contributed by atoms with Crippen LogP contribution < -0.4 is 0 Å². The molecule has 0 saturated carbocycles. The minimum Gasteiger partial charge on any atom is -0.408 e. The Balaban J connectivity index is 2.26. The van der Waals surface area contributed by atoms with E-state index in [0.717, 1.165) is 30.8 Å². The summed E-state index contributed by atoms with van der Waals surface area (Å²) in [5.74, 6) is 0.448. The van der Waals surface area contributed by atoms with Gasteiger partial charge in [0.2, 0.25) is 0 Å². The quantitative estimate of drug-likeness (QED) is 0.832. The van der Waals surface area contributed by atoms with Gasteiger partial charge < -0.3 is 4.42 Å². The lowest BCUT2D eigenvalue weighted by atomic mass is 10.3. The van der Waals surface area contributed by atoms with Crippen LogP contribution in [-0.4, -0.2) is 20.0 Å². The Kier molecular flexibility index (Phi) is 3.19. The number of hydrogen-bond acceptors (Lipinski definition) is 4. The fourth-order valence-electron chi connectivity index (χ4n) is 1.49. The Morgan fingerprint density at radius 3 is 3.00 bits per heavy atom. The summed E-state index contributed by atoms with van der Waals surface area (Å²) in [6.07, 6.45) is 2.27. The number of aryl methyl sites for hydroxylation is 2. The van der Waals surface area contributed by atoms with E-state index in [1.54, 1.807) is 0 Å². The predicted molar refractivity (Wildman–Crippen MR) is 62.6 cm³/mol. The molecule has 0 radical (unpaired) electrons. The maximum Gasteiger partial charge on any atom is 0.284 e. The summed E-state index contributed by atoms with van der Waals surface area (Å²) in [7, 11) is 0. The summed E-state index contributed by atoms with van der Waals surface area (Å²) in [4.78, 5) is 0.274. The van der Waals surface area contributed by atoms with E-state index >= 15 is 0 Å². The molecule has 0 saturated heterocycles. The van der Waals surface area contributed by atoms with Gasteiger partial charge in [-0.1, -0.05) is 13.3 Å². The van der Waals surface area contributed by atoms with Crippen molar-refractivity contribution in [1.29, 1.82) is 0 Å². The van der Waals surface area contributed by atoms with Gasteiger partial charge in [-0.25, -0.2) is 5.10 Å². The summed E-state index contributed by atoms with van der Waals surface area (Å²) in [6, 6.07) is 1.95. The van der Waals surface area contributed by atoms with Crippen LogP contribution in [0.3, 0.4) is 0 Å². The van der Waals surface area contributed by atoms with Crippen molar-refractivity contribution in [2.75, 3.05) is 0 Å². The highest BCUT2D eigenvalue weighted by Crippen LogP contribution is 2.16. The molecule has 0 fully saturated rings. The highest BCUT2D eigenvalue weighted by Gasteiger charge is 2.10. The molecule has 2 aromatic rings. The van der Waals surface area contributed by atoms with Crippen LogP contribution in [0.1, 0.15) is 25.5 Å². The van der Waals surface area contributed by atoms with Crippen molar-refractivity contribution in [3.63, 3.8) is 0 Å². The fourth-order valence-corrected chi connectivity index (χ4v) is 1.61. The van der Waals surface area contributed by atoms with Gasteiger partial charge >= 0.3 is 0 Å². The lowest BCUT2D eigenvalue weighted by Gasteiger charge is -2.00. The molecule has 1 N–H and O–H groups in total. The third-order valence-electron chi connectivity index (χ3n) is 2.36. The Bertz CT molecular complexity index is 525. The minimum atomic E-state index is 0.274. The SMILES string of the molecule is CCCCn1nc(-c2n[nH]c(=S)o2)cc1C. The number of nitrogens with one attached hydrogen (secondary N) is 1. The molecule has 6 heteroatoms. The first-order valence-corrected chi connectivity index (χ1v) is 5.72. The zero-order chi connectivity index (χ0) is 11.5. The molecular formula is C10H14N4OS. The monoisotopic (exact) mass is 238 g/mol. The molecule has 2 aromatic heterocycles. The van der Waals surface area contributed by atoms with Crippen molar-refractivity contribution in [1.82, 2.24) is 20.0 Å². The van der Waals surface area contributed by atoms with Gasteiger partial charge in [0.1, 0.15) is 5.69 Å². The molecule has 2 heterocycles. The minimum absolute atomic E-state index is 0.274. The molecule has 0 aliphatic rings. The Morgan fingerprint density at radius 2 is 2.38 bits per heavy atom. The van der Waals surface area contributed by atoms with Crippen molar-refractivity contribution in [2.24, 2.45) is 0 Å². The van der Waals surface area contributed by atoms with Crippen LogP contribution in [0.25, 0.3) is 11.6 Å². The smallest absolute Gasteiger partial charge is 0.284 e. The van der Waals surface area contributed by atoms with Crippen LogP contribution >= 0.6 is 12.2 Å². The molecule has 2 rings (SSSR count). The van der Waals surface area contributed by atoms with E-state index in [-0.39, 0.29) is 4.84 Å². The van der Waals surface area contributed by atoms with Gasteiger partial charge in [-0.2, -0.15) is 5.10 Å². The summed E-state index contributed by atoms with van der Waals surface area (Å²) in [5.41, 5.74) is 1.83. The van der Waals surface area contributed by atoms with Crippen molar-refractivity contribution in [2.45, 2.75) is 33.2 Å². The van der Waals surface area contributed by atoms with E-state index in [1.165, 1.54) is 0 Å². The average Bonchev–Trinajstić information content (AvgIpc) is 2.82. The van der Waals surface area contributed by atoms with Crippen LogP contribution in [0.4, 0.5) is 0 Å². The summed E-state index contributed by atoms with van der Waals surface area (Å²) in [5, 5.41) is 11.0. The van der Waals surface area contributed by atoms with Crippen LogP contribution in [0, 0.1) is 11.8 Å². The van der Waals surface area contributed by atoms with Crippen molar-refractivity contribution >= 4 is 12.2 Å². The fraction of sp³-hybridized carbons (Fsp3) is 0.500. The number of hydrogen-bond donors (Lipinski definition) is 1. The second kappa shape index (κ2) is 4.61. The van der Waals surface area contributed by atoms with E-state index in [9.17, 15) is 0 Å². The molecule has 0 spiro atoms. The Morgan fingerprint density at radius 1 is 1.56 bits per heavy atom. The molecule has 0 aliphatic carbocycles. The normalized spacial score (nSPS) is 10.9. The average molecular weight is 238 g/mol. The molecule has 0 amide bonds. The molecule has 0 atom stereocenters. The second-order valence-corrected chi connectivity index (χ2v) is 4.04. The van der Waals surface area contributed by atoms with Gasteiger partial charge in [0, 0.05) is 12.2 Å². The first-order chi connectivity index (χ1) is 7.70. The maximum atomic E-state index is 5.21. The second-order valence-electron chi connectivity index (χ2n) is 3.67. The van der Waals surface area contributed by atoms with Crippen molar-refractivity contribution < 1.29 is 4.42 Å². The standard InChI is InChI=1S/C10H14N4OS/c1-3-4-5-14-7(2)6-8(13-14)9-11-12-10(16)15-9/h6H,3-5H2,1-2H3,(H,12,16). The van der Waals surface area contributed by atoms with Crippen molar-refractivity contribution in [3.05, 3.63) is 16.6 Å². The van der Waals surface area contributed by atoms with Crippen molar-refractivity contribution in [3.8, 4) is 11.6 Å². The number of nitrogens with zero attached hydrogens (tertiary/aromatic N) is 3. The van der Waals surface area contributed by atoms with E-state index in [0.29, 0.717) is 5.89 Å². The number of H-pyrrole nitrogens is 1. The van der Waals surface area contributed by atoms with E-state index in [4.69, 9.17) is 16.6 Å². The molecule has 0 bridgehead atoms. The highest BCUT2D eigenvalue weighted by molar-refractivity contribution is 7.71. The molecule has 0 unspecified atom stereocenters. The maximum absolute atomic E-state index is 5.21. The van der Waals surface area contributed by atoms with Gasteiger partial charge in [-0.05, 0) is 31.6 Å². The predicted octanol–water partition coefficient (Wildman–Crippen LogP) is 2.70. The summed E-state index contributed by atoms with van der Waals surface area (Å²) < 4.78 is 7.18. The summed E-state index contributed by atoms with van der Waals surface area (Å²) >= 11 is 4.82. The molecule has 0 aromatic carbocycles. The number of rotatable bonds is 4.